The second-order valence-electron chi connectivity index (χ2n) is 2.23. The normalized spacial score (nSPS) is 10.4. The van der Waals surface area contributed by atoms with Gasteiger partial charge in [-0.3, -0.25) is 0 Å². The minimum atomic E-state index is -2.84. The SMILES string of the molecule is Cc1cc(OP([O-])[O-])ccc1Cl. The lowest BCUT2D eigenvalue weighted by Crippen LogP contribution is -2.12. The molecule has 0 aliphatic rings. The van der Waals surface area contributed by atoms with Crippen molar-refractivity contribution in [3.8, 4) is 5.75 Å². The molecule has 0 heterocycles. The van der Waals surface area contributed by atoms with Crippen LogP contribution in [0.4, 0.5) is 0 Å². The van der Waals surface area contributed by atoms with E-state index in [1.807, 2.05) is 0 Å². The van der Waals surface area contributed by atoms with E-state index in [0.29, 0.717) is 5.02 Å². The molecular weight excluding hydrogens is 199 g/mol. The molecule has 0 fully saturated rings. The van der Waals surface area contributed by atoms with Crippen LogP contribution in [0.3, 0.4) is 0 Å². The van der Waals surface area contributed by atoms with Crippen LogP contribution >= 0.6 is 20.2 Å². The van der Waals surface area contributed by atoms with Crippen LogP contribution in [-0.4, -0.2) is 0 Å². The van der Waals surface area contributed by atoms with E-state index in [2.05, 4.69) is 4.52 Å². The van der Waals surface area contributed by atoms with E-state index in [1.54, 1.807) is 19.1 Å². The second-order valence-corrected chi connectivity index (χ2v) is 3.26. The smallest absolute Gasteiger partial charge is 0.119 e. The van der Waals surface area contributed by atoms with Crippen molar-refractivity contribution in [3.63, 3.8) is 0 Å². The van der Waals surface area contributed by atoms with Crippen molar-refractivity contribution >= 4 is 20.2 Å². The molecule has 0 amide bonds. The van der Waals surface area contributed by atoms with E-state index in [9.17, 15) is 9.79 Å². The van der Waals surface area contributed by atoms with Crippen LogP contribution in [0.15, 0.2) is 18.2 Å². The minimum Gasteiger partial charge on any atom is -0.810 e. The quantitative estimate of drug-likeness (QED) is 0.675. The number of rotatable bonds is 2. The highest BCUT2D eigenvalue weighted by atomic mass is 35.5. The minimum absolute atomic E-state index is 0.285. The summed E-state index contributed by atoms with van der Waals surface area (Å²) >= 11 is 5.71. The number of hydrogen-bond donors (Lipinski definition) is 0. The van der Waals surface area contributed by atoms with Crippen molar-refractivity contribution in [3.05, 3.63) is 28.8 Å². The topological polar surface area (TPSA) is 55.3 Å². The zero-order valence-corrected chi connectivity index (χ0v) is 7.93. The Kier molecular flexibility index (Phi) is 3.29. The van der Waals surface area contributed by atoms with Gasteiger partial charge in [-0.1, -0.05) is 20.2 Å². The molecule has 0 unspecified atom stereocenters. The van der Waals surface area contributed by atoms with Gasteiger partial charge in [0.1, 0.15) is 5.75 Å². The van der Waals surface area contributed by atoms with Crippen LogP contribution in [0.25, 0.3) is 0 Å². The average molecular weight is 205 g/mol. The summed E-state index contributed by atoms with van der Waals surface area (Å²) in [5.41, 5.74) is 0.783. The maximum absolute atomic E-state index is 10.1. The summed E-state index contributed by atoms with van der Waals surface area (Å²) in [6, 6.07) is 4.65. The molecule has 0 aromatic heterocycles. The van der Waals surface area contributed by atoms with Crippen molar-refractivity contribution in [2.45, 2.75) is 6.92 Å². The first-order valence-corrected chi connectivity index (χ1v) is 4.65. The van der Waals surface area contributed by atoms with E-state index in [1.165, 1.54) is 6.07 Å². The van der Waals surface area contributed by atoms with Gasteiger partial charge in [0.25, 0.3) is 0 Å². The molecule has 1 aromatic rings. The molecule has 1 aromatic carbocycles. The first kappa shape index (κ1) is 9.75. The largest absolute Gasteiger partial charge is 0.810 e. The van der Waals surface area contributed by atoms with Crippen molar-refractivity contribution < 1.29 is 14.3 Å². The molecule has 5 heteroatoms. The van der Waals surface area contributed by atoms with Gasteiger partial charge in [-0.05, 0) is 30.7 Å². The highest BCUT2D eigenvalue weighted by Crippen LogP contribution is 2.26. The van der Waals surface area contributed by atoms with E-state index in [0.717, 1.165) is 5.56 Å². The van der Waals surface area contributed by atoms with Crippen LogP contribution < -0.4 is 14.3 Å². The van der Waals surface area contributed by atoms with Gasteiger partial charge < -0.3 is 14.3 Å². The van der Waals surface area contributed by atoms with Crippen molar-refractivity contribution in [2.75, 3.05) is 0 Å². The zero-order chi connectivity index (χ0) is 9.14. The lowest BCUT2D eigenvalue weighted by atomic mass is 10.2. The summed E-state index contributed by atoms with van der Waals surface area (Å²) in [5.74, 6) is 0.285. The van der Waals surface area contributed by atoms with Gasteiger partial charge >= 0.3 is 0 Å². The molecule has 3 nitrogen and oxygen atoms in total. The Morgan fingerprint density at radius 1 is 1.42 bits per heavy atom. The van der Waals surface area contributed by atoms with Gasteiger partial charge in [0.05, 0.1) is 0 Å². The summed E-state index contributed by atoms with van der Waals surface area (Å²) in [7, 11) is -2.84. The molecular formula is C7H6ClO3P-2. The summed E-state index contributed by atoms with van der Waals surface area (Å²) < 4.78 is 4.45. The van der Waals surface area contributed by atoms with E-state index in [-0.39, 0.29) is 5.75 Å². The van der Waals surface area contributed by atoms with E-state index in [4.69, 9.17) is 11.6 Å². The molecule has 0 radical (unpaired) electrons. The predicted molar refractivity (Wildman–Crippen MR) is 43.7 cm³/mol. The number of halogens is 1. The Morgan fingerprint density at radius 3 is 2.58 bits per heavy atom. The molecule has 66 valence electrons. The van der Waals surface area contributed by atoms with Crippen LogP contribution in [0.5, 0.6) is 5.75 Å². The average Bonchev–Trinajstić information content (AvgIpc) is 1.96. The van der Waals surface area contributed by atoms with Crippen LogP contribution in [0, 0.1) is 6.92 Å². The lowest BCUT2D eigenvalue weighted by Gasteiger charge is -2.29. The van der Waals surface area contributed by atoms with Crippen molar-refractivity contribution in [1.82, 2.24) is 0 Å². The number of benzene rings is 1. The van der Waals surface area contributed by atoms with Gasteiger partial charge in [-0.15, -0.1) is 0 Å². The molecule has 0 N–H and O–H groups in total. The maximum Gasteiger partial charge on any atom is 0.119 e. The molecule has 0 saturated carbocycles. The summed E-state index contributed by atoms with van der Waals surface area (Å²) in [6.07, 6.45) is 0. The first-order chi connectivity index (χ1) is 5.59. The van der Waals surface area contributed by atoms with Crippen LogP contribution in [-0.2, 0) is 0 Å². The zero-order valence-electron chi connectivity index (χ0n) is 6.28. The summed E-state index contributed by atoms with van der Waals surface area (Å²) in [6.45, 7) is 1.77. The van der Waals surface area contributed by atoms with Crippen molar-refractivity contribution in [2.24, 2.45) is 0 Å². The molecule has 0 saturated heterocycles. The number of aryl methyl sites for hydroxylation is 1. The fourth-order valence-corrected chi connectivity index (χ4v) is 1.16. The molecule has 0 atom stereocenters. The highest BCUT2D eigenvalue weighted by Gasteiger charge is 1.96. The summed E-state index contributed by atoms with van der Waals surface area (Å²) in [4.78, 5) is 20.3. The number of hydrogen-bond acceptors (Lipinski definition) is 3. The van der Waals surface area contributed by atoms with Gasteiger partial charge in [-0.2, -0.15) is 0 Å². The molecule has 0 aliphatic carbocycles. The fourth-order valence-electron chi connectivity index (χ4n) is 0.760. The van der Waals surface area contributed by atoms with Gasteiger partial charge in [0.15, 0.2) is 0 Å². The molecule has 0 bridgehead atoms. The first-order valence-electron chi connectivity index (χ1n) is 3.18. The Bertz CT molecular complexity index is 277. The second kappa shape index (κ2) is 4.06. The summed E-state index contributed by atoms with van der Waals surface area (Å²) in [5, 5.41) is 0.587. The van der Waals surface area contributed by atoms with Gasteiger partial charge in [-0.25, -0.2) is 0 Å². The van der Waals surface area contributed by atoms with E-state index >= 15 is 0 Å². The highest BCUT2D eigenvalue weighted by molar-refractivity contribution is 7.36. The van der Waals surface area contributed by atoms with Gasteiger partial charge in [0.2, 0.25) is 0 Å². The molecule has 1 rings (SSSR count). The predicted octanol–water partition coefficient (Wildman–Crippen LogP) is 0.975. The van der Waals surface area contributed by atoms with Gasteiger partial charge in [0, 0.05) is 5.02 Å². The van der Waals surface area contributed by atoms with Crippen molar-refractivity contribution in [1.29, 1.82) is 0 Å². The molecule has 0 aliphatic heterocycles. The Labute approximate surface area is 76.6 Å². The van der Waals surface area contributed by atoms with Crippen LogP contribution in [0.2, 0.25) is 5.02 Å². The third-order valence-electron chi connectivity index (χ3n) is 1.31. The van der Waals surface area contributed by atoms with Crippen LogP contribution in [0.1, 0.15) is 5.56 Å². The Hall–Kier alpha value is -0.340. The third kappa shape index (κ3) is 2.61. The third-order valence-corrected chi connectivity index (χ3v) is 2.09. The standard InChI is InChI=1S/C7H6ClO3P/c1-5-4-6(11-12(9)10)2-3-7(5)8/h2-4H,1H3/q-2. The maximum atomic E-state index is 10.1. The monoisotopic (exact) mass is 204 g/mol. The lowest BCUT2D eigenvalue weighted by molar-refractivity contribution is -0.310. The van der Waals surface area contributed by atoms with E-state index < -0.39 is 8.60 Å². The Balaban J connectivity index is 2.82. The molecule has 0 spiro atoms. The fraction of sp³-hybridized carbons (Fsp3) is 0.143. The molecule has 12 heavy (non-hydrogen) atoms. The Morgan fingerprint density at radius 2 is 2.08 bits per heavy atom.